The van der Waals surface area contributed by atoms with Gasteiger partial charge in [-0.15, -0.1) is 0 Å². The average molecular weight is 428 g/mol. The van der Waals surface area contributed by atoms with Crippen LogP contribution in [-0.4, -0.2) is 11.6 Å². The Balaban J connectivity index is 1.73. The molecular weight excluding hydrogens is 408 g/mol. The third-order valence-corrected chi connectivity index (χ3v) is 5.52. The highest BCUT2D eigenvalue weighted by molar-refractivity contribution is 6.43. The lowest BCUT2D eigenvalue weighted by Crippen LogP contribution is -2.11. The number of hydrogen-bond donors (Lipinski definition) is 0. The number of carbonyl (C=O) groups excluding carboxylic acids is 2. The summed E-state index contributed by atoms with van der Waals surface area (Å²) in [5.74, 6) is -0.0566. The second kappa shape index (κ2) is 8.93. The minimum absolute atomic E-state index is 0.0489. The molecule has 0 fully saturated rings. The summed E-state index contributed by atoms with van der Waals surface area (Å²) >= 11 is 0. The van der Waals surface area contributed by atoms with Crippen molar-refractivity contribution in [3.05, 3.63) is 149 Å². The molecule has 0 atom stereocenters. The minimum atomic E-state index is -0.303. The topological polar surface area (TPSA) is 43.4 Å². The van der Waals surface area contributed by atoms with Crippen molar-refractivity contribution in [2.75, 3.05) is 0 Å². The number of allylic oxidation sites excluding steroid dienone is 2. The zero-order valence-electron chi connectivity index (χ0n) is 17.8. The van der Waals surface area contributed by atoms with Crippen LogP contribution in [0.5, 0.6) is 0 Å². The van der Waals surface area contributed by atoms with Crippen LogP contribution in [0.25, 0.3) is 16.9 Å². The molecule has 0 aliphatic carbocycles. The molecule has 0 N–H and O–H groups in total. The molecule has 3 nitrogen and oxygen atoms in total. The lowest BCUT2D eigenvalue weighted by atomic mass is 9.92. The molecule has 1 heterocycles. The van der Waals surface area contributed by atoms with E-state index < -0.39 is 0 Å². The van der Waals surface area contributed by atoms with E-state index in [1.165, 1.54) is 0 Å². The zero-order valence-corrected chi connectivity index (χ0v) is 17.8. The van der Waals surface area contributed by atoms with Gasteiger partial charge in [-0.2, -0.15) is 0 Å². The smallest absolute Gasteiger partial charge is 0.233 e. The van der Waals surface area contributed by atoms with Gasteiger partial charge in [-0.1, -0.05) is 121 Å². The van der Waals surface area contributed by atoms with Gasteiger partial charge < -0.3 is 4.74 Å². The third kappa shape index (κ3) is 3.92. The number of rotatable bonds is 5. The fraction of sp³-hybridized carbons (Fsp3) is 0. The Morgan fingerprint density at radius 3 is 1.55 bits per heavy atom. The van der Waals surface area contributed by atoms with E-state index in [9.17, 15) is 9.59 Å². The molecule has 4 aromatic rings. The van der Waals surface area contributed by atoms with Crippen molar-refractivity contribution in [3.63, 3.8) is 0 Å². The summed E-state index contributed by atoms with van der Waals surface area (Å²) in [5.41, 5.74) is 3.36. The summed E-state index contributed by atoms with van der Waals surface area (Å²) in [5, 5.41) is 0. The van der Waals surface area contributed by atoms with E-state index in [0.29, 0.717) is 22.5 Å². The van der Waals surface area contributed by atoms with Gasteiger partial charge in [0.25, 0.3) is 0 Å². The van der Waals surface area contributed by atoms with E-state index in [2.05, 4.69) is 0 Å². The lowest BCUT2D eigenvalue weighted by Gasteiger charge is -2.11. The Kier molecular flexibility index (Phi) is 5.52. The van der Waals surface area contributed by atoms with Crippen molar-refractivity contribution >= 4 is 28.5 Å². The monoisotopic (exact) mass is 428 g/mol. The van der Waals surface area contributed by atoms with Gasteiger partial charge in [-0.3, -0.25) is 9.59 Å². The van der Waals surface area contributed by atoms with Crippen LogP contribution in [0.4, 0.5) is 0 Å². The van der Waals surface area contributed by atoms with Gasteiger partial charge in [-0.05, 0) is 11.1 Å². The van der Waals surface area contributed by atoms with Crippen LogP contribution in [0.3, 0.4) is 0 Å². The van der Waals surface area contributed by atoms with Crippen LogP contribution in [-0.2, 0) is 9.53 Å². The largest absolute Gasteiger partial charge is 0.451 e. The van der Waals surface area contributed by atoms with Gasteiger partial charge in [0.1, 0.15) is 5.76 Å². The first-order chi connectivity index (χ1) is 16.2. The van der Waals surface area contributed by atoms with Crippen LogP contribution in [0, 0.1) is 0 Å². The van der Waals surface area contributed by atoms with Gasteiger partial charge in [0.15, 0.2) is 11.5 Å². The van der Waals surface area contributed by atoms with Crippen LogP contribution >= 0.6 is 0 Å². The molecule has 0 unspecified atom stereocenters. The van der Waals surface area contributed by atoms with Gasteiger partial charge in [0.2, 0.25) is 5.78 Å². The van der Waals surface area contributed by atoms with Crippen molar-refractivity contribution in [1.82, 2.24) is 0 Å². The van der Waals surface area contributed by atoms with Crippen LogP contribution < -0.4 is 0 Å². The first kappa shape index (κ1) is 20.4. The molecule has 33 heavy (non-hydrogen) atoms. The van der Waals surface area contributed by atoms with E-state index in [4.69, 9.17) is 4.74 Å². The van der Waals surface area contributed by atoms with Crippen molar-refractivity contribution in [2.24, 2.45) is 0 Å². The predicted molar refractivity (Wildman–Crippen MR) is 130 cm³/mol. The van der Waals surface area contributed by atoms with Crippen molar-refractivity contribution in [1.29, 1.82) is 0 Å². The Morgan fingerprint density at radius 1 is 0.545 bits per heavy atom. The molecule has 4 aromatic carbocycles. The molecule has 0 spiro atoms. The molecule has 1 aliphatic heterocycles. The first-order valence-corrected chi connectivity index (χ1v) is 10.7. The van der Waals surface area contributed by atoms with E-state index in [1.54, 1.807) is 24.3 Å². The normalized spacial score (nSPS) is 14.7. The molecule has 0 bridgehead atoms. The maximum Gasteiger partial charge on any atom is 0.233 e. The van der Waals surface area contributed by atoms with Gasteiger partial charge in [0, 0.05) is 11.1 Å². The summed E-state index contributed by atoms with van der Waals surface area (Å²) in [6, 6.07) is 37.1. The van der Waals surface area contributed by atoms with Crippen LogP contribution in [0.2, 0.25) is 0 Å². The highest BCUT2D eigenvalue weighted by atomic mass is 16.5. The van der Waals surface area contributed by atoms with E-state index >= 15 is 0 Å². The predicted octanol–water partition coefficient (Wildman–Crippen LogP) is 6.45. The molecule has 0 saturated heterocycles. The second-order valence-electron chi connectivity index (χ2n) is 7.63. The van der Waals surface area contributed by atoms with E-state index in [0.717, 1.165) is 11.1 Å². The highest BCUT2D eigenvalue weighted by Crippen LogP contribution is 2.41. The summed E-state index contributed by atoms with van der Waals surface area (Å²) in [6.45, 7) is 0. The quantitative estimate of drug-likeness (QED) is 0.271. The van der Waals surface area contributed by atoms with Crippen LogP contribution in [0.15, 0.2) is 127 Å². The molecule has 3 heteroatoms. The SMILES string of the molecule is O=C1C(=C(C(=O)c2ccccc2)c2ccccc2)OC(c2ccccc2)=C1c1ccccc1. The zero-order chi connectivity index (χ0) is 22.6. The van der Waals surface area contributed by atoms with Gasteiger partial charge in [-0.25, -0.2) is 0 Å². The summed E-state index contributed by atoms with van der Waals surface area (Å²) in [4.78, 5) is 27.5. The molecule has 0 radical (unpaired) electrons. The van der Waals surface area contributed by atoms with Crippen molar-refractivity contribution in [2.45, 2.75) is 0 Å². The Bertz CT molecular complexity index is 1370. The molecule has 158 valence electrons. The van der Waals surface area contributed by atoms with Gasteiger partial charge in [0.05, 0.1) is 11.1 Å². The molecular formula is C30H20O3. The maximum absolute atomic E-state index is 13.8. The number of Topliss-reactive ketones (excluding diaryl/α,β-unsaturated/α-hetero) is 2. The van der Waals surface area contributed by atoms with E-state index in [1.807, 2.05) is 97.1 Å². The van der Waals surface area contributed by atoms with Gasteiger partial charge >= 0.3 is 0 Å². The number of ether oxygens (including phenoxy) is 1. The molecule has 0 saturated carbocycles. The number of carbonyl (C=O) groups is 2. The number of benzene rings is 4. The third-order valence-electron chi connectivity index (χ3n) is 5.52. The minimum Gasteiger partial charge on any atom is -0.451 e. The van der Waals surface area contributed by atoms with Crippen molar-refractivity contribution in [3.8, 4) is 0 Å². The highest BCUT2D eigenvalue weighted by Gasteiger charge is 2.37. The maximum atomic E-state index is 13.8. The Morgan fingerprint density at radius 2 is 1.00 bits per heavy atom. The molecule has 5 rings (SSSR count). The fourth-order valence-electron chi connectivity index (χ4n) is 3.94. The van der Waals surface area contributed by atoms with Crippen molar-refractivity contribution < 1.29 is 14.3 Å². The molecule has 0 aromatic heterocycles. The average Bonchev–Trinajstić information content (AvgIpc) is 3.23. The molecule has 0 amide bonds. The Labute approximate surface area is 192 Å². The second-order valence-corrected chi connectivity index (χ2v) is 7.63. The first-order valence-electron chi connectivity index (χ1n) is 10.7. The summed E-state index contributed by atoms with van der Waals surface area (Å²) in [6.07, 6.45) is 0. The standard InChI is InChI=1S/C30H20O3/c31-27(23-17-9-3-10-18-23)25(21-13-5-1-6-14-21)30-28(32)26(22-15-7-2-8-16-22)29(33-30)24-19-11-4-12-20-24/h1-20H. The lowest BCUT2D eigenvalue weighted by molar-refractivity contribution is -0.111. The number of ketones is 2. The number of hydrogen-bond acceptors (Lipinski definition) is 3. The summed E-state index contributed by atoms with van der Waals surface area (Å²) in [7, 11) is 0. The summed E-state index contributed by atoms with van der Waals surface area (Å²) < 4.78 is 6.27. The fourth-order valence-corrected chi connectivity index (χ4v) is 3.94. The Hall–Kier alpha value is -4.50. The van der Waals surface area contributed by atoms with Crippen LogP contribution in [0.1, 0.15) is 27.0 Å². The van der Waals surface area contributed by atoms with E-state index in [-0.39, 0.29) is 22.9 Å². The molecule has 1 aliphatic rings.